The zero-order chi connectivity index (χ0) is 18.5. The van der Waals surface area contributed by atoms with Crippen LogP contribution in [0.3, 0.4) is 0 Å². The van der Waals surface area contributed by atoms with Crippen molar-refractivity contribution in [3.05, 3.63) is 48.0 Å². The van der Waals surface area contributed by atoms with E-state index in [-0.39, 0.29) is 18.0 Å². The quantitative estimate of drug-likeness (QED) is 0.785. The lowest BCUT2D eigenvalue weighted by Crippen LogP contribution is -2.35. The molecular weight excluding hydrogens is 334 g/mol. The Labute approximate surface area is 151 Å². The molecule has 1 unspecified atom stereocenters. The summed E-state index contributed by atoms with van der Waals surface area (Å²) in [6.45, 7) is 1.97. The normalized spacial score (nSPS) is 15.2. The van der Waals surface area contributed by atoms with E-state index in [9.17, 15) is 9.59 Å². The molecule has 1 atom stereocenters. The van der Waals surface area contributed by atoms with Crippen LogP contribution in [-0.2, 0) is 4.79 Å². The van der Waals surface area contributed by atoms with Gasteiger partial charge < -0.3 is 25.4 Å². The molecule has 3 rings (SSSR count). The number of methoxy groups -OCH3 is 1. The summed E-state index contributed by atoms with van der Waals surface area (Å²) in [6, 6.07) is 12.2. The lowest BCUT2D eigenvalue weighted by Gasteiger charge is -2.26. The van der Waals surface area contributed by atoms with Crippen LogP contribution in [0.2, 0.25) is 0 Å². The summed E-state index contributed by atoms with van der Waals surface area (Å²) in [7, 11) is 1.52. The van der Waals surface area contributed by atoms with Crippen LogP contribution in [0.4, 0.5) is 16.2 Å². The van der Waals surface area contributed by atoms with Crippen LogP contribution >= 0.6 is 0 Å². The Bertz CT molecular complexity index is 822. The number of urea groups is 1. The average Bonchev–Trinajstić information content (AvgIpc) is 2.62. The van der Waals surface area contributed by atoms with Gasteiger partial charge in [0.25, 0.3) is 0 Å². The SMILES string of the molecule is COc1ccc(NC(C)=O)cc1NC(=O)NC1CCOc2ccccc21. The minimum absolute atomic E-state index is 0.135. The van der Waals surface area contributed by atoms with Gasteiger partial charge in [0, 0.05) is 24.6 Å². The lowest BCUT2D eigenvalue weighted by molar-refractivity contribution is -0.114. The molecule has 0 fully saturated rings. The predicted octanol–water partition coefficient (Wildman–Crippen LogP) is 3.30. The maximum absolute atomic E-state index is 12.5. The Morgan fingerprint density at radius 1 is 1.15 bits per heavy atom. The maximum Gasteiger partial charge on any atom is 0.319 e. The highest BCUT2D eigenvalue weighted by Crippen LogP contribution is 2.32. The van der Waals surface area contributed by atoms with Gasteiger partial charge in [-0.1, -0.05) is 18.2 Å². The lowest BCUT2D eigenvalue weighted by atomic mass is 10.0. The van der Waals surface area contributed by atoms with Gasteiger partial charge in [-0.3, -0.25) is 4.79 Å². The number of carbonyl (C=O) groups is 2. The van der Waals surface area contributed by atoms with E-state index in [1.807, 2.05) is 24.3 Å². The minimum Gasteiger partial charge on any atom is -0.495 e. The Balaban J connectivity index is 1.73. The van der Waals surface area contributed by atoms with Crippen LogP contribution in [0.15, 0.2) is 42.5 Å². The van der Waals surface area contributed by atoms with Gasteiger partial charge in [0.05, 0.1) is 25.4 Å². The van der Waals surface area contributed by atoms with Crippen molar-refractivity contribution in [3.63, 3.8) is 0 Å². The van der Waals surface area contributed by atoms with E-state index in [0.717, 1.165) is 11.3 Å². The Kier molecular flexibility index (Phi) is 5.26. The molecule has 0 radical (unpaired) electrons. The first-order valence-corrected chi connectivity index (χ1v) is 8.31. The molecule has 1 aliphatic heterocycles. The van der Waals surface area contributed by atoms with Crippen molar-refractivity contribution in [3.8, 4) is 11.5 Å². The molecule has 3 N–H and O–H groups in total. The van der Waals surface area contributed by atoms with E-state index in [1.54, 1.807) is 18.2 Å². The summed E-state index contributed by atoms with van der Waals surface area (Å²) in [4.78, 5) is 23.7. The molecule has 0 saturated heterocycles. The third-order valence-corrected chi connectivity index (χ3v) is 4.03. The van der Waals surface area contributed by atoms with Crippen molar-refractivity contribution in [1.29, 1.82) is 0 Å². The summed E-state index contributed by atoms with van der Waals surface area (Å²) in [5.74, 6) is 1.10. The van der Waals surface area contributed by atoms with Crippen molar-refractivity contribution in [2.75, 3.05) is 24.4 Å². The number of amides is 3. The number of ether oxygens (including phenoxy) is 2. The van der Waals surface area contributed by atoms with Gasteiger partial charge in [-0.2, -0.15) is 0 Å². The second-order valence-corrected chi connectivity index (χ2v) is 5.92. The molecule has 0 saturated carbocycles. The third-order valence-electron chi connectivity index (χ3n) is 4.03. The van der Waals surface area contributed by atoms with Crippen LogP contribution in [0.1, 0.15) is 24.9 Å². The Morgan fingerprint density at radius 3 is 2.73 bits per heavy atom. The van der Waals surface area contributed by atoms with Crippen LogP contribution in [0.25, 0.3) is 0 Å². The minimum atomic E-state index is -0.357. The predicted molar refractivity (Wildman–Crippen MR) is 98.7 cm³/mol. The molecule has 2 aromatic carbocycles. The first-order valence-electron chi connectivity index (χ1n) is 8.31. The highest BCUT2D eigenvalue weighted by atomic mass is 16.5. The Morgan fingerprint density at radius 2 is 1.96 bits per heavy atom. The molecule has 7 heteroatoms. The average molecular weight is 355 g/mol. The number of hydrogen-bond donors (Lipinski definition) is 3. The van der Waals surface area contributed by atoms with E-state index in [2.05, 4.69) is 16.0 Å². The standard InChI is InChI=1S/C19H21N3O4/c1-12(23)20-13-7-8-18(25-2)16(11-13)22-19(24)21-15-9-10-26-17-6-4-3-5-14(15)17/h3-8,11,15H,9-10H2,1-2H3,(H,20,23)(H2,21,22,24). The van der Waals surface area contributed by atoms with Crippen LogP contribution in [-0.4, -0.2) is 25.7 Å². The number of nitrogens with one attached hydrogen (secondary N) is 3. The highest BCUT2D eigenvalue weighted by molar-refractivity contribution is 5.94. The first kappa shape index (κ1) is 17.6. The number of benzene rings is 2. The number of anilines is 2. The zero-order valence-electron chi connectivity index (χ0n) is 14.7. The molecule has 26 heavy (non-hydrogen) atoms. The zero-order valence-corrected chi connectivity index (χ0v) is 14.7. The van der Waals surface area contributed by atoms with Crippen molar-refractivity contribution in [2.45, 2.75) is 19.4 Å². The molecule has 0 spiro atoms. The summed E-state index contributed by atoms with van der Waals surface area (Å²) >= 11 is 0. The molecule has 0 bridgehead atoms. The second kappa shape index (κ2) is 7.77. The summed E-state index contributed by atoms with van der Waals surface area (Å²) < 4.78 is 10.9. The Hall–Kier alpha value is -3.22. The van der Waals surface area contributed by atoms with E-state index in [4.69, 9.17) is 9.47 Å². The van der Waals surface area contributed by atoms with E-state index < -0.39 is 0 Å². The molecule has 3 amide bonds. The first-order chi connectivity index (χ1) is 12.6. The topological polar surface area (TPSA) is 88.7 Å². The summed E-state index contributed by atoms with van der Waals surface area (Å²) in [5.41, 5.74) is 1.99. The number of hydrogen-bond acceptors (Lipinski definition) is 4. The fourth-order valence-electron chi connectivity index (χ4n) is 2.90. The van der Waals surface area contributed by atoms with Crippen molar-refractivity contribution >= 4 is 23.3 Å². The second-order valence-electron chi connectivity index (χ2n) is 5.92. The van der Waals surface area contributed by atoms with Gasteiger partial charge in [0.1, 0.15) is 11.5 Å². The van der Waals surface area contributed by atoms with Gasteiger partial charge >= 0.3 is 6.03 Å². The molecule has 1 aliphatic rings. The van der Waals surface area contributed by atoms with Crippen LogP contribution in [0.5, 0.6) is 11.5 Å². The fourth-order valence-corrected chi connectivity index (χ4v) is 2.90. The van der Waals surface area contributed by atoms with Crippen LogP contribution in [0, 0.1) is 0 Å². The molecule has 0 aliphatic carbocycles. The van der Waals surface area contributed by atoms with Crippen LogP contribution < -0.4 is 25.4 Å². The number of para-hydroxylation sites is 1. The van der Waals surface area contributed by atoms with Crippen molar-refractivity contribution in [2.24, 2.45) is 0 Å². The van der Waals surface area contributed by atoms with Crippen molar-refractivity contribution < 1.29 is 19.1 Å². The molecule has 7 nitrogen and oxygen atoms in total. The summed E-state index contributed by atoms with van der Waals surface area (Å²) in [6.07, 6.45) is 0.688. The fraction of sp³-hybridized carbons (Fsp3) is 0.263. The molecule has 136 valence electrons. The van der Waals surface area contributed by atoms with E-state index in [0.29, 0.717) is 30.2 Å². The smallest absolute Gasteiger partial charge is 0.319 e. The van der Waals surface area contributed by atoms with Gasteiger partial charge in [0.2, 0.25) is 5.91 Å². The number of carbonyl (C=O) groups excluding carboxylic acids is 2. The van der Waals surface area contributed by atoms with Gasteiger partial charge in [0.15, 0.2) is 0 Å². The van der Waals surface area contributed by atoms with E-state index in [1.165, 1.54) is 14.0 Å². The molecular formula is C19H21N3O4. The number of rotatable bonds is 4. The monoisotopic (exact) mass is 355 g/mol. The highest BCUT2D eigenvalue weighted by Gasteiger charge is 2.23. The van der Waals surface area contributed by atoms with Gasteiger partial charge in [-0.25, -0.2) is 4.79 Å². The van der Waals surface area contributed by atoms with Gasteiger partial charge in [-0.15, -0.1) is 0 Å². The van der Waals surface area contributed by atoms with Crippen molar-refractivity contribution in [1.82, 2.24) is 5.32 Å². The molecule has 2 aromatic rings. The number of fused-ring (bicyclic) bond motifs is 1. The van der Waals surface area contributed by atoms with Gasteiger partial charge in [-0.05, 0) is 24.3 Å². The molecule has 1 heterocycles. The molecule has 0 aromatic heterocycles. The maximum atomic E-state index is 12.5. The summed E-state index contributed by atoms with van der Waals surface area (Å²) in [5, 5.41) is 8.43. The third kappa shape index (κ3) is 4.05. The largest absolute Gasteiger partial charge is 0.495 e. The van der Waals surface area contributed by atoms with E-state index >= 15 is 0 Å².